The Hall–Kier alpha value is -3.55. The molecule has 1 aliphatic carbocycles. The molecule has 0 bridgehead atoms. The van der Waals surface area contributed by atoms with Crippen molar-refractivity contribution in [2.24, 2.45) is 0 Å². The average Bonchev–Trinajstić information content (AvgIpc) is 3.15. The predicted molar refractivity (Wildman–Crippen MR) is 125 cm³/mol. The first-order chi connectivity index (χ1) is 17.0. The van der Waals surface area contributed by atoms with Gasteiger partial charge in [-0.25, -0.2) is 8.78 Å². The van der Waals surface area contributed by atoms with E-state index in [0.29, 0.717) is 17.5 Å². The van der Waals surface area contributed by atoms with E-state index in [1.54, 1.807) is 11.1 Å². The van der Waals surface area contributed by atoms with Crippen molar-refractivity contribution in [1.82, 2.24) is 9.58 Å². The van der Waals surface area contributed by atoms with Gasteiger partial charge in [0, 0.05) is 47.5 Å². The van der Waals surface area contributed by atoms with Crippen LogP contribution in [0.5, 0.6) is 5.75 Å². The molecule has 1 fully saturated rings. The molecule has 0 radical (unpaired) electrons. The Kier molecular flexibility index (Phi) is 5.20. The van der Waals surface area contributed by atoms with Gasteiger partial charge in [0.2, 0.25) is 5.43 Å². The van der Waals surface area contributed by atoms with Crippen LogP contribution < -0.4 is 10.4 Å². The Balaban J connectivity index is 1.67. The fourth-order valence-electron chi connectivity index (χ4n) is 5.06. The minimum absolute atomic E-state index is 0.137. The molecule has 7 nitrogen and oxygen atoms in total. The van der Waals surface area contributed by atoms with E-state index in [-0.39, 0.29) is 31.2 Å². The number of aromatic nitrogens is 1. The van der Waals surface area contributed by atoms with E-state index in [1.165, 1.54) is 33.6 Å². The summed E-state index contributed by atoms with van der Waals surface area (Å²) in [6.45, 7) is 0.660. The Bertz CT molecular complexity index is 1460. The van der Waals surface area contributed by atoms with E-state index in [9.17, 15) is 19.1 Å². The van der Waals surface area contributed by atoms with Gasteiger partial charge in [0.25, 0.3) is 5.91 Å². The molecule has 35 heavy (non-hydrogen) atoms. The van der Waals surface area contributed by atoms with Gasteiger partial charge in [-0.3, -0.25) is 19.3 Å². The number of hydrogen-bond donors (Lipinski definition) is 1. The Labute approximate surface area is 203 Å². The molecule has 1 aromatic heterocycles. The van der Waals surface area contributed by atoms with Gasteiger partial charge in [0.15, 0.2) is 11.4 Å². The van der Waals surface area contributed by atoms with Crippen molar-refractivity contribution < 1.29 is 23.4 Å². The van der Waals surface area contributed by atoms with Crippen LogP contribution in [0.25, 0.3) is 0 Å². The Morgan fingerprint density at radius 3 is 2.94 bits per heavy atom. The van der Waals surface area contributed by atoms with E-state index in [2.05, 4.69) is 11.8 Å². The molecule has 2 aromatic rings. The van der Waals surface area contributed by atoms with Crippen molar-refractivity contribution >= 4 is 17.7 Å². The smallest absolute Gasteiger partial charge is 0.278 e. The molecule has 0 spiro atoms. The third-order valence-corrected chi connectivity index (χ3v) is 7.79. The van der Waals surface area contributed by atoms with E-state index in [0.717, 1.165) is 22.6 Å². The second kappa shape index (κ2) is 8.29. The van der Waals surface area contributed by atoms with E-state index < -0.39 is 40.9 Å². The fraction of sp³-hybridized carbons (Fsp3) is 0.280. The molecule has 1 saturated heterocycles. The number of carbonyl (C=O) groups excluding carboxylic acids is 1. The highest BCUT2D eigenvalue weighted by atomic mass is 32.2. The standard InChI is InChI=1S/C25H19F2N3O4S/c26-14-10-16-17(18(27)11-14)13-35-20-5-3-1-2-4-15(20)22(16)30-21-12-34-9-8-28(21)25(33)23-24(32)19(31)6-7-29(23)30/h2,4,6-7,10-11,21-22,32H,5,8-9,12-13H2/t21-,22-/m1/s1. The maximum Gasteiger partial charge on any atom is 0.278 e. The monoisotopic (exact) mass is 495 g/mol. The number of ether oxygens (including phenoxy) is 1. The largest absolute Gasteiger partial charge is 0.502 e. The number of rotatable bonds is 1. The van der Waals surface area contributed by atoms with Crippen molar-refractivity contribution in [3.05, 3.63) is 85.7 Å². The van der Waals surface area contributed by atoms with Crippen LogP contribution in [0, 0.1) is 23.5 Å². The van der Waals surface area contributed by atoms with Gasteiger partial charge in [-0.1, -0.05) is 11.8 Å². The summed E-state index contributed by atoms with van der Waals surface area (Å²) >= 11 is 1.44. The molecule has 0 saturated carbocycles. The van der Waals surface area contributed by atoms with Crippen molar-refractivity contribution in [3.8, 4) is 17.6 Å². The number of thioether (sulfide) groups is 1. The van der Waals surface area contributed by atoms with Crippen LogP contribution in [-0.4, -0.2) is 46.5 Å². The third kappa shape index (κ3) is 3.38. The lowest BCUT2D eigenvalue weighted by Gasteiger charge is -2.51. The molecule has 4 heterocycles. The normalized spacial score (nSPS) is 22.9. The molecule has 2 atom stereocenters. The number of halogens is 2. The second-order valence-corrected chi connectivity index (χ2v) is 9.58. The van der Waals surface area contributed by atoms with Crippen LogP contribution in [0.15, 0.2) is 51.8 Å². The number of fused-ring (bicyclic) bond motifs is 3. The van der Waals surface area contributed by atoms with Crippen LogP contribution in [-0.2, 0) is 10.5 Å². The minimum atomic E-state index is -0.763. The molecule has 6 rings (SSSR count). The summed E-state index contributed by atoms with van der Waals surface area (Å²) in [5, 5.41) is 12.4. The number of allylic oxidation sites excluding steroid dienone is 2. The predicted octanol–water partition coefficient (Wildman–Crippen LogP) is 2.79. The molecule has 1 amide bonds. The summed E-state index contributed by atoms with van der Waals surface area (Å²) in [5.74, 6) is 3.76. The maximum atomic E-state index is 15.1. The Morgan fingerprint density at radius 1 is 1.23 bits per heavy atom. The minimum Gasteiger partial charge on any atom is -0.502 e. The maximum absolute atomic E-state index is 15.1. The number of hydrogen-bond acceptors (Lipinski definition) is 6. The average molecular weight is 496 g/mol. The van der Waals surface area contributed by atoms with E-state index in [4.69, 9.17) is 4.74 Å². The summed E-state index contributed by atoms with van der Waals surface area (Å²) in [5.41, 5.74) is 0.633. The van der Waals surface area contributed by atoms with Crippen LogP contribution in [0.3, 0.4) is 0 Å². The first-order valence-corrected chi connectivity index (χ1v) is 12.0. The lowest BCUT2D eigenvalue weighted by Crippen LogP contribution is -2.66. The highest BCUT2D eigenvalue weighted by Gasteiger charge is 2.46. The molecule has 0 unspecified atom stereocenters. The van der Waals surface area contributed by atoms with Crippen molar-refractivity contribution in [3.63, 3.8) is 0 Å². The zero-order chi connectivity index (χ0) is 24.3. The van der Waals surface area contributed by atoms with Gasteiger partial charge in [-0.05, 0) is 29.4 Å². The number of pyridine rings is 1. The molecule has 3 aliphatic heterocycles. The van der Waals surface area contributed by atoms with Crippen LogP contribution >= 0.6 is 11.8 Å². The first-order valence-electron chi connectivity index (χ1n) is 11.1. The summed E-state index contributed by atoms with van der Waals surface area (Å²) < 4.78 is 36.9. The quantitative estimate of drug-likeness (QED) is 0.614. The molecular weight excluding hydrogens is 476 g/mol. The van der Waals surface area contributed by atoms with Crippen LogP contribution in [0.4, 0.5) is 8.78 Å². The summed E-state index contributed by atoms with van der Waals surface area (Å²) in [6.07, 6.45) is 4.72. The van der Waals surface area contributed by atoms with Gasteiger partial charge in [0.1, 0.15) is 17.8 Å². The summed E-state index contributed by atoms with van der Waals surface area (Å²) in [6, 6.07) is 2.58. The third-order valence-electron chi connectivity index (χ3n) is 6.63. The molecule has 4 aliphatic rings. The first kappa shape index (κ1) is 21.9. The zero-order valence-electron chi connectivity index (χ0n) is 18.3. The van der Waals surface area contributed by atoms with Crippen molar-refractivity contribution in [2.45, 2.75) is 24.4 Å². The summed E-state index contributed by atoms with van der Waals surface area (Å²) in [7, 11) is 0. The number of morpholine rings is 1. The molecule has 10 heteroatoms. The fourth-order valence-corrected chi connectivity index (χ4v) is 6.20. The number of aromatic hydroxyl groups is 1. The zero-order valence-corrected chi connectivity index (χ0v) is 19.1. The van der Waals surface area contributed by atoms with Gasteiger partial charge in [-0.2, -0.15) is 0 Å². The Morgan fingerprint density at radius 2 is 2.09 bits per heavy atom. The van der Waals surface area contributed by atoms with E-state index in [1.807, 2.05) is 6.08 Å². The molecule has 178 valence electrons. The van der Waals surface area contributed by atoms with E-state index >= 15 is 4.39 Å². The van der Waals surface area contributed by atoms with Crippen LogP contribution in [0.2, 0.25) is 0 Å². The number of nitrogens with zero attached hydrogens (tertiary/aromatic N) is 3. The van der Waals surface area contributed by atoms with Crippen molar-refractivity contribution in [2.75, 3.05) is 24.8 Å². The van der Waals surface area contributed by atoms with Crippen LogP contribution in [0.1, 0.15) is 34.1 Å². The van der Waals surface area contributed by atoms with Gasteiger partial charge in [-0.15, -0.1) is 11.8 Å². The van der Waals surface area contributed by atoms with Gasteiger partial charge in [0.05, 0.1) is 19.3 Å². The lowest BCUT2D eigenvalue weighted by molar-refractivity contribution is -0.0197. The lowest BCUT2D eigenvalue weighted by atomic mass is 9.92. The number of benzene rings is 1. The van der Waals surface area contributed by atoms with Crippen molar-refractivity contribution in [1.29, 1.82) is 0 Å². The van der Waals surface area contributed by atoms with Gasteiger partial charge < -0.3 is 14.7 Å². The summed E-state index contributed by atoms with van der Waals surface area (Å²) in [4.78, 5) is 28.1. The molecular formula is C25H19F2N3O4S. The number of amides is 1. The topological polar surface area (TPSA) is 75.0 Å². The molecule has 1 aromatic carbocycles. The second-order valence-electron chi connectivity index (χ2n) is 8.51. The SMILES string of the molecule is O=C1c2c(O)c(=O)ccn2N([C@@H]2C3=C(CC#CC=C3)SCc3c(F)cc(F)cc32)[C@@H]2COCCN12. The number of carbonyl (C=O) groups is 1. The highest BCUT2D eigenvalue weighted by molar-refractivity contribution is 8.02. The molecule has 1 N–H and O–H groups in total. The highest BCUT2D eigenvalue weighted by Crippen LogP contribution is 2.46. The van der Waals surface area contributed by atoms with Gasteiger partial charge >= 0.3 is 0 Å².